The van der Waals surface area contributed by atoms with E-state index in [4.69, 9.17) is 9.47 Å². The van der Waals surface area contributed by atoms with Crippen LogP contribution in [0.5, 0.6) is 11.5 Å². The molecule has 0 unspecified atom stereocenters. The van der Waals surface area contributed by atoms with E-state index in [9.17, 15) is 13.2 Å². The molecule has 0 atom stereocenters. The van der Waals surface area contributed by atoms with Gasteiger partial charge in [-0.2, -0.15) is 4.31 Å². The Balaban J connectivity index is 1.73. The van der Waals surface area contributed by atoms with Crippen LogP contribution in [-0.2, 0) is 14.8 Å². The third-order valence-electron chi connectivity index (χ3n) is 4.15. The maximum atomic E-state index is 12.8. The normalized spacial score (nSPS) is 18.7. The highest BCUT2D eigenvalue weighted by atomic mass is 32.2. The molecule has 24 heavy (non-hydrogen) atoms. The summed E-state index contributed by atoms with van der Waals surface area (Å²) in [4.78, 5) is 14.2. The van der Waals surface area contributed by atoms with Gasteiger partial charge in [-0.05, 0) is 12.1 Å². The Morgan fingerprint density at radius 2 is 1.67 bits per heavy atom. The first-order chi connectivity index (χ1) is 11.2. The van der Waals surface area contributed by atoms with Gasteiger partial charge in [0.05, 0.1) is 4.90 Å². The number of hydrogen-bond acceptors (Lipinski definition) is 5. The summed E-state index contributed by atoms with van der Waals surface area (Å²) in [6.07, 6.45) is 0. The molecule has 3 rings (SSSR count). The Morgan fingerprint density at radius 3 is 2.29 bits per heavy atom. The molecule has 2 heterocycles. The molecule has 0 aliphatic carbocycles. The predicted octanol–water partition coefficient (Wildman–Crippen LogP) is 1.29. The molecule has 1 saturated heterocycles. The number of amides is 1. The topological polar surface area (TPSA) is 76.2 Å². The molecule has 0 N–H and O–H groups in total. The van der Waals surface area contributed by atoms with Crippen molar-refractivity contribution in [2.45, 2.75) is 25.7 Å². The molecule has 1 aromatic carbocycles. The van der Waals surface area contributed by atoms with Gasteiger partial charge in [-0.3, -0.25) is 4.79 Å². The van der Waals surface area contributed by atoms with Gasteiger partial charge in [0.2, 0.25) is 22.7 Å². The molecule has 1 fully saturated rings. The summed E-state index contributed by atoms with van der Waals surface area (Å²) in [5, 5.41) is 0. The summed E-state index contributed by atoms with van der Waals surface area (Å²) >= 11 is 0. The van der Waals surface area contributed by atoms with Crippen LogP contribution in [-0.4, -0.2) is 56.5 Å². The van der Waals surface area contributed by atoms with E-state index >= 15 is 0 Å². The molecule has 2 aliphatic rings. The fourth-order valence-corrected chi connectivity index (χ4v) is 4.23. The summed E-state index contributed by atoms with van der Waals surface area (Å²) in [5.74, 6) is 1.04. The second-order valence-electron chi connectivity index (χ2n) is 6.96. The summed E-state index contributed by atoms with van der Waals surface area (Å²) in [7, 11) is -3.61. The molecule has 2 aliphatic heterocycles. The van der Waals surface area contributed by atoms with E-state index in [0.717, 1.165) is 0 Å². The average Bonchev–Trinajstić information content (AvgIpc) is 3.01. The van der Waals surface area contributed by atoms with Crippen LogP contribution in [0.15, 0.2) is 23.1 Å². The van der Waals surface area contributed by atoms with Gasteiger partial charge in [-0.15, -0.1) is 0 Å². The average molecular weight is 354 g/mol. The number of benzene rings is 1. The highest BCUT2D eigenvalue weighted by Crippen LogP contribution is 2.34. The van der Waals surface area contributed by atoms with Crippen LogP contribution >= 0.6 is 0 Å². The molecule has 0 radical (unpaired) electrons. The monoisotopic (exact) mass is 354 g/mol. The van der Waals surface area contributed by atoms with Crippen LogP contribution in [0.3, 0.4) is 0 Å². The molecule has 0 aromatic heterocycles. The minimum atomic E-state index is -3.61. The maximum absolute atomic E-state index is 12.8. The number of nitrogens with zero attached hydrogens (tertiary/aromatic N) is 2. The standard InChI is InChI=1S/C16H22N2O5S/c1-16(2,3)15(19)17-6-8-18(9-7-17)24(20,21)12-4-5-13-14(10-12)23-11-22-13/h4-5,10H,6-9,11H2,1-3H3. The molecule has 8 heteroatoms. The Morgan fingerprint density at radius 1 is 1.04 bits per heavy atom. The van der Waals surface area contributed by atoms with Crippen molar-refractivity contribution in [1.29, 1.82) is 0 Å². The number of carbonyl (C=O) groups excluding carboxylic acids is 1. The first-order valence-corrected chi connectivity index (χ1v) is 9.33. The van der Waals surface area contributed by atoms with Crippen molar-refractivity contribution in [1.82, 2.24) is 9.21 Å². The molecule has 1 amide bonds. The van der Waals surface area contributed by atoms with Crippen LogP contribution < -0.4 is 9.47 Å². The summed E-state index contributed by atoms with van der Waals surface area (Å²) in [6, 6.07) is 4.62. The van der Waals surface area contributed by atoms with E-state index in [0.29, 0.717) is 37.7 Å². The molecule has 132 valence electrons. The minimum Gasteiger partial charge on any atom is -0.454 e. The van der Waals surface area contributed by atoms with Crippen molar-refractivity contribution in [3.63, 3.8) is 0 Å². The number of fused-ring (bicyclic) bond motifs is 1. The van der Waals surface area contributed by atoms with Crippen molar-refractivity contribution in [2.75, 3.05) is 33.0 Å². The number of carbonyl (C=O) groups is 1. The van der Waals surface area contributed by atoms with Crippen LogP contribution in [0, 0.1) is 5.41 Å². The Labute approximate surface area is 142 Å². The van der Waals surface area contributed by atoms with E-state index < -0.39 is 15.4 Å². The number of hydrogen-bond donors (Lipinski definition) is 0. The van der Waals surface area contributed by atoms with Crippen molar-refractivity contribution in [3.8, 4) is 11.5 Å². The highest BCUT2D eigenvalue weighted by molar-refractivity contribution is 7.89. The largest absolute Gasteiger partial charge is 0.454 e. The van der Waals surface area contributed by atoms with Crippen LogP contribution in [0.2, 0.25) is 0 Å². The van der Waals surface area contributed by atoms with Crippen LogP contribution in [0.4, 0.5) is 0 Å². The van der Waals surface area contributed by atoms with Crippen molar-refractivity contribution >= 4 is 15.9 Å². The Hall–Kier alpha value is -1.80. The SMILES string of the molecule is CC(C)(C)C(=O)N1CCN(S(=O)(=O)c2ccc3c(c2)OCO3)CC1. The first-order valence-electron chi connectivity index (χ1n) is 7.89. The lowest BCUT2D eigenvalue weighted by Crippen LogP contribution is -2.52. The van der Waals surface area contributed by atoms with E-state index in [-0.39, 0.29) is 17.6 Å². The predicted molar refractivity (Wildman–Crippen MR) is 87.4 cm³/mol. The fourth-order valence-electron chi connectivity index (χ4n) is 2.79. The maximum Gasteiger partial charge on any atom is 0.243 e. The van der Waals surface area contributed by atoms with Gasteiger partial charge in [0, 0.05) is 37.7 Å². The number of rotatable bonds is 2. The van der Waals surface area contributed by atoms with E-state index in [1.807, 2.05) is 20.8 Å². The zero-order valence-corrected chi connectivity index (χ0v) is 14.9. The van der Waals surface area contributed by atoms with Gasteiger partial charge in [0.25, 0.3) is 0 Å². The second kappa shape index (κ2) is 5.93. The molecular formula is C16H22N2O5S. The van der Waals surface area contributed by atoms with Crippen molar-refractivity contribution in [2.24, 2.45) is 5.41 Å². The lowest BCUT2D eigenvalue weighted by Gasteiger charge is -2.37. The van der Waals surface area contributed by atoms with Gasteiger partial charge in [-0.25, -0.2) is 8.42 Å². The van der Waals surface area contributed by atoms with E-state index in [1.54, 1.807) is 11.0 Å². The number of ether oxygens (including phenoxy) is 2. The van der Waals surface area contributed by atoms with E-state index in [1.165, 1.54) is 16.4 Å². The van der Waals surface area contributed by atoms with Gasteiger partial charge in [0.15, 0.2) is 11.5 Å². The molecule has 0 saturated carbocycles. The molecule has 1 aromatic rings. The molecular weight excluding hydrogens is 332 g/mol. The van der Waals surface area contributed by atoms with Gasteiger partial charge in [0.1, 0.15) is 0 Å². The summed E-state index contributed by atoms with van der Waals surface area (Å²) in [6.45, 7) is 7.09. The summed E-state index contributed by atoms with van der Waals surface area (Å²) in [5.41, 5.74) is -0.460. The quantitative estimate of drug-likeness (QED) is 0.800. The zero-order chi connectivity index (χ0) is 17.5. The van der Waals surface area contributed by atoms with Crippen molar-refractivity contribution in [3.05, 3.63) is 18.2 Å². The number of piperazine rings is 1. The van der Waals surface area contributed by atoms with E-state index in [2.05, 4.69) is 0 Å². The molecule has 0 bridgehead atoms. The smallest absolute Gasteiger partial charge is 0.243 e. The van der Waals surface area contributed by atoms with Gasteiger partial charge in [-0.1, -0.05) is 20.8 Å². The summed E-state index contributed by atoms with van der Waals surface area (Å²) < 4.78 is 37.4. The lowest BCUT2D eigenvalue weighted by atomic mass is 9.94. The fraction of sp³-hybridized carbons (Fsp3) is 0.562. The van der Waals surface area contributed by atoms with Crippen LogP contribution in [0.1, 0.15) is 20.8 Å². The first kappa shape index (κ1) is 17.0. The Bertz CT molecular complexity index is 746. The van der Waals surface area contributed by atoms with Gasteiger partial charge >= 0.3 is 0 Å². The molecule has 7 nitrogen and oxygen atoms in total. The van der Waals surface area contributed by atoms with Crippen molar-refractivity contribution < 1.29 is 22.7 Å². The lowest BCUT2D eigenvalue weighted by molar-refractivity contribution is -0.140. The third-order valence-corrected chi connectivity index (χ3v) is 6.04. The zero-order valence-electron chi connectivity index (χ0n) is 14.1. The van der Waals surface area contributed by atoms with Gasteiger partial charge < -0.3 is 14.4 Å². The number of sulfonamides is 1. The minimum absolute atomic E-state index is 0.0441. The van der Waals surface area contributed by atoms with Crippen LogP contribution in [0.25, 0.3) is 0 Å². The third kappa shape index (κ3) is 3.08. The molecule has 0 spiro atoms. The second-order valence-corrected chi connectivity index (χ2v) is 8.90. The Kier molecular flexibility index (Phi) is 4.21. The highest BCUT2D eigenvalue weighted by Gasteiger charge is 2.34.